The zero-order valence-electron chi connectivity index (χ0n) is 18.3. The summed E-state index contributed by atoms with van der Waals surface area (Å²) in [7, 11) is -8.24. The topological polar surface area (TPSA) is 52.6 Å². The standard InChI is InChI=1S/C21H29F3O4SSi/c1-13(2)30(14(3)4,15(5)6)28-19-12-20(27-29(25,26)21(22,23)24)18-11-9-8-10-17(18)16(19)7/h8-15H,1-7H3. The third kappa shape index (κ3) is 4.32. The molecule has 0 N–H and O–H groups in total. The molecule has 0 atom stereocenters. The summed E-state index contributed by atoms with van der Waals surface area (Å²) in [6, 6.07) is 7.89. The van der Waals surface area contributed by atoms with E-state index in [1.165, 1.54) is 12.1 Å². The minimum absolute atomic E-state index is 0.228. The first-order chi connectivity index (χ1) is 13.6. The van der Waals surface area contributed by atoms with Crippen LogP contribution >= 0.6 is 0 Å². The smallest absolute Gasteiger partial charge is 0.534 e. The Morgan fingerprint density at radius 3 is 1.77 bits per heavy atom. The van der Waals surface area contributed by atoms with Gasteiger partial charge in [0.25, 0.3) is 8.32 Å². The second kappa shape index (κ2) is 8.41. The Bertz CT molecular complexity index is 993. The number of rotatable bonds is 7. The van der Waals surface area contributed by atoms with Crippen LogP contribution in [-0.2, 0) is 10.1 Å². The summed E-state index contributed by atoms with van der Waals surface area (Å²) in [4.78, 5) is 0. The van der Waals surface area contributed by atoms with Gasteiger partial charge >= 0.3 is 15.6 Å². The number of fused-ring (bicyclic) bond motifs is 1. The molecule has 0 bridgehead atoms. The quantitative estimate of drug-likeness (QED) is 0.254. The first-order valence-electron chi connectivity index (χ1n) is 9.87. The number of halogens is 3. The minimum atomic E-state index is -5.81. The third-order valence-electron chi connectivity index (χ3n) is 5.71. The van der Waals surface area contributed by atoms with E-state index < -0.39 is 23.9 Å². The molecule has 0 heterocycles. The van der Waals surface area contributed by atoms with Crippen molar-refractivity contribution in [3.05, 3.63) is 35.9 Å². The molecule has 0 aliphatic rings. The molecular weight excluding hydrogens is 433 g/mol. The Morgan fingerprint density at radius 2 is 1.33 bits per heavy atom. The molecule has 0 aliphatic heterocycles. The Hall–Kier alpha value is -1.74. The normalized spacial score (nSPS) is 13.5. The molecule has 30 heavy (non-hydrogen) atoms. The molecule has 0 radical (unpaired) electrons. The Morgan fingerprint density at radius 1 is 0.867 bits per heavy atom. The SMILES string of the molecule is Cc1c(O[Si](C(C)C)(C(C)C)C(C)C)cc(OS(=O)(=O)C(F)(F)F)c2ccccc12. The van der Waals surface area contributed by atoms with Gasteiger partial charge in [0.05, 0.1) is 0 Å². The molecule has 2 aromatic carbocycles. The fourth-order valence-electron chi connectivity index (χ4n) is 4.35. The van der Waals surface area contributed by atoms with Crippen LogP contribution in [0.4, 0.5) is 13.2 Å². The van der Waals surface area contributed by atoms with Crippen LogP contribution in [0.3, 0.4) is 0 Å². The van der Waals surface area contributed by atoms with Gasteiger partial charge in [-0.2, -0.15) is 21.6 Å². The Balaban J connectivity index is 2.75. The van der Waals surface area contributed by atoms with E-state index in [0.717, 1.165) is 5.56 Å². The lowest BCUT2D eigenvalue weighted by atomic mass is 10.0. The highest BCUT2D eigenvalue weighted by Crippen LogP contribution is 2.46. The van der Waals surface area contributed by atoms with Crippen LogP contribution in [0, 0.1) is 6.92 Å². The van der Waals surface area contributed by atoms with E-state index in [0.29, 0.717) is 11.1 Å². The first-order valence-corrected chi connectivity index (χ1v) is 13.4. The highest BCUT2D eigenvalue weighted by Gasteiger charge is 2.49. The van der Waals surface area contributed by atoms with Crippen LogP contribution < -0.4 is 8.61 Å². The molecular formula is C21H29F3O4SSi. The summed E-state index contributed by atoms with van der Waals surface area (Å²) in [6.45, 7) is 14.4. The van der Waals surface area contributed by atoms with Crippen LogP contribution in [-0.4, -0.2) is 22.2 Å². The molecule has 0 aliphatic carbocycles. The molecule has 0 saturated carbocycles. The van der Waals surface area contributed by atoms with Crippen molar-refractivity contribution in [3.8, 4) is 11.5 Å². The molecule has 4 nitrogen and oxygen atoms in total. The zero-order chi connectivity index (χ0) is 23.1. The lowest BCUT2D eigenvalue weighted by molar-refractivity contribution is -0.0499. The maximum atomic E-state index is 13.0. The number of alkyl halides is 3. The molecule has 2 aromatic rings. The van der Waals surface area contributed by atoms with Crippen molar-refractivity contribution in [1.82, 2.24) is 0 Å². The van der Waals surface area contributed by atoms with Crippen LogP contribution in [0.1, 0.15) is 47.1 Å². The van der Waals surface area contributed by atoms with Crippen LogP contribution in [0.15, 0.2) is 30.3 Å². The lowest BCUT2D eigenvalue weighted by Gasteiger charge is -2.42. The third-order valence-corrected chi connectivity index (χ3v) is 12.7. The van der Waals surface area contributed by atoms with Crippen molar-refractivity contribution in [2.24, 2.45) is 0 Å². The second-order valence-electron chi connectivity index (χ2n) is 8.45. The summed E-state index contributed by atoms with van der Waals surface area (Å²) in [5.74, 6) is -0.0217. The van der Waals surface area contributed by atoms with Gasteiger partial charge in [-0.05, 0) is 34.5 Å². The maximum Gasteiger partial charge on any atom is 0.534 e. The van der Waals surface area contributed by atoms with Crippen LogP contribution in [0.2, 0.25) is 16.6 Å². The van der Waals surface area contributed by atoms with Crippen molar-refractivity contribution in [1.29, 1.82) is 0 Å². The van der Waals surface area contributed by atoms with Gasteiger partial charge in [0.1, 0.15) is 5.75 Å². The summed E-state index contributed by atoms with van der Waals surface area (Å²) in [5, 5.41) is 0.864. The van der Waals surface area contributed by atoms with Gasteiger partial charge in [-0.3, -0.25) is 0 Å². The molecule has 0 fully saturated rings. The zero-order valence-corrected chi connectivity index (χ0v) is 20.1. The van der Waals surface area contributed by atoms with E-state index in [4.69, 9.17) is 4.43 Å². The summed E-state index contributed by atoms with van der Waals surface area (Å²) >= 11 is 0. The van der Waals surface area contributed by atoms with E-state index in [-0.39, 0.29) is 27.8 Å². The van der Waals surface area contributed by atoms with Gasteiger partial charge in [0, 0.05) is 11.5 Å². The van der Waals surface area contributed by atoms with Gasteiger partial charge in [0.2, 0.25) is 0 Å². The number of hydrogen-bond acceptors (Lipinski definition) is 4. The number of benzene rings is 2. The Kier molecular flexibility index (Phi) is 6.88. The monoisotopic (exact) mass is 462 g/mol. The van der Waals surface area contributed by atoms with E-state index >= 15 is 0 Å². The maximum absolute atomic E-state index is 13.0. The van der Waals surface area contributed by atoms with Gasteiger partial charge < -0.3 is 8.61 Å². The van der Waals surface area contributed by atoms with E-state index in [1.807, 2.05) is 6.92 Å². The van der Waals surface area contributed by atoms with Crippen LogP contribution in [0.25, 0.3) is 10.8 Å². The van der Waals surface area contributed by atoms with Gasteiger partial charge in [-0.15, -0.1) is 0 Å². The van der Waals surface area contributed by atoms with E-state index in [2.05, 4.69) is 45.7 Å². The van der Waals surface area contributed by atoms with Crippen molar-refractivity contribution in [2.75, 3.05) is 0 Å². The molecule has 0 unspecified atom stereocenters. The van der Waals surface area contributed by atoms with Gasteiger partial charge in [0.15, 0.2) is 5.75 Å². The van der Waals surface area contributed by atoms with Crippen molar-refractivity contribution in [3.63, 3.8) is 0 Å². The Labute approximate surface area is 177 Å². The van der Waals surface area contributed by atoms with E-state index in [1.54, 1.807) is 18.2 Å². The van der Waals surface area contributed by atoms with Gasteiger partial charge in [-0.25, -0.2) is 0 Å². The van der Waals surface area contributed by atoms with Crippen molar-refractivity contribution < 1.29 is 30.2 Å². The summed E-state index contributed by atoms with van der Waals surface area (Å²) < 4.78 is 73.4. The van der Waals surface area contributed by atoms with Gasteiger partial charge in [-0.1, -0.05) is 65.8 Å². The highest BCUT2D eigenvalue weighted by atomic mass is 32.2. The first kappa shape index (κ1) is 24.5. The predicted octanol–water partition coefficient (Wildman–Crippen LogP) is 6.93. The largest absolute Gasteiger partial charge is 0.542 e. The minimum Gasteiger partial charge on any atom is -0.542 e. The van der Waals surface area contributed by atoms with Crippen molar-refractivity contribution in [2.45, 2.75) is 70.6 Å². The summed E-state index contributed by atoms with van der Waals surface area (Å²) in [5.41, 5.74) is -4.10. The molecule has 2 rings (SSSR count). The lowest BCUT2D eigenvalue weighted by Crippen LogP contribution is -2.50. The average molecular weight is 463 g/mol. The molecule has 0 aromatic heterocycles. The molecule has 9 heteroatoms. The van der Waals surface area contributed by atoms with Crippen LogP contribution in [0.5, 0.6) is 11.5 Å². The average Bonchev–Trinajstić information content (AvgIpc) is 2.61. The molecule has 0 saturated heterocycles. The fraction of sp³-hybridized carbons (Fsp3) is 0.524. The predicted molar refractivity (Wildman–Crippen MR) is 116 cm³/mol. The molecule has 0 spiro atoms. The molecule has 168 valence electrons. The number of aryl methyl sites for hydroxylation is 1. The van der Waals surface area contributed by atoms with Crippen molar-refractivity contribution >= 4 is 29.2 Å². The second-order valence-corrected chi connectivity index (χ2v) is 15.4. The fourth-order valence-corrected chi connectivity index (χ4v) is 10.1. The molecule has 0 amide bonds. The summed E-state index contributed by atoms with van der Waals surface area (Å²) in [6.07, 6.45) is 0. The van der Waals surface area contributed by atoms with E-state index in [9.17, 15) is 21.6 Å². The highest BCUT2D eigenvalue weighted by molar-refractivity contribution is 7.88. The number of hydrogen-bond donors (Lipinski definition) is 0.